The highest BCUT2D eigenvalue weighted by Crippen LogP contribution is 2.33. The second kappa shape index (κ2) is 8.79. The summed E-state index contributed by atoms with van der Waals surface area (Å²) in [5.41, 5.74) is 2.60. The summed E-state index contributed by atoms with van der Waals surface area (Å²) in [6.07, 6.45) is 1.64. The van der Waals surface area contributed by atoms with E-state index >= 15 is 0 Å². The predicted molar refractivity (Wildman–Crippen MR) is 112 cm³/mol. The van der Waals surface area contributed by atoms with Crippen LogP contribution in [-0.2, 0) is 10.5 Å². The first-order chi connectivity index (χ1) is 14.2. The molecule has 0 saturated heterocycles. The van der Waals surface area contributed by atoms with Crippen LogP contribution in [0.5, 0.6) is 0 Å². The van der Waals surface area contributed by atoms with E-state index in [1.54, 1.807) is 19.3 Å². The van der Waals surface area contributed by atoms with Crippen LogP contribution in [0.15, 0.2) is 81.9 Å². The number of hydrogen-bond donors (Lipinski definition) is 1. The Morgan fingerprint density at radius 2 is 1.83 bits per heavy atom. The van der Waals surface area contributed by atoms with Gasteiger partial charge in [0.1, 0.15) is 17.3 Å². The number of amides is 1. The quantitative estimate of drug-likeness (QED) is 0.452. The van der Waals surface area contributed by atoms with Crippen molar-refractivity contribution in [2.24, 2.45) is 0 Å². The first kappa shape index (κ1) is 19.0. The number of aromatic nitrogens is 2. The first-order valence-electron chi connectivity index (χ1n) is 9.09. The maximum absolute atomic E-state index is 12.9. The summed E-state index contributed by atoms with van der Waals surface area (Å²) in [5.74, 6) is 1.98. The number of rotatable bonds is 7. The topological polar surface area (TPSA) is 81.2 Å². The molecule has 0 aliphatic carbocycles. The molecule has 0 fully saturated rings. The molecule has 4 rings (SSSR count). The summed E-state index contributed by atoms with van der Waals surface area (Å²) in [6.45, 7) is 1.78. The van der Waals surface area contributed by atoms with E-state index in [9.17, 15) is 4.79 Å². The zero-order chi connectivity index (χ0) is 20.1. The Bertz CT molecular complexity index is 1080. The van der Waals surface area contributed by atoms with Gasteiger partial charge < -0.3 is 14.3 Å². The molecule has 1 amide bonds. The van der Waals surface area contributed by atoms with Gasteiger partial charge in [0, 0.05) is 17.4 Å². The van der Waals surface area contributed by atoms with Crippen LogP contribution in [-0.4, -0.2) is 16.0 Å². The number of aryl methyl sites for hydroxylation is 1. The van der Waals surface area contributed by atoms with Gasteiger partial charge in [-0.05, 0) is 24.6 Å². The summed E-state index contributed by atoms with van der Waals surface area (Å²) in [6, 6.07) is 21.0. The van der Waals surface area contributed by atoms with Crippen molar-refractivity contribution in [1.82, 2.24) is 10.1 Å². The molecule has 0 aliphatic rings. The second-order valence-corrected chi connectivity index (χ2v) is 7.52. The number of thioether (sulfide) groups is 1. The van der Waals surface area contributed by atoms with E-state index in [0.29, 0.717) is 23.2 Å². The Labute approximate surface area is 172 Å². The number of hydrogen-bond acceptors (Lipinski definition) is 6. The standard InChI is InChI=1S/C22H19N3O3S/c1-15-12-19(25-28-15)24-21(26)20(16-8-4-2-5-9-16)29-14-18-13-27-22(23-18)17-10-6-3-7-11-17/h2-13,20H,14H2,1H3,(H,24,25,26). The molecule has 6 nitrogen and oxygen atoms in total. The molecule has 7 heteroatoms. The third kappa shape index (κ3) is 4.75. The van der Waals surface area contributed by atoms with Crippen molar-refractivity contribution < 1.29 is 13.7 Å². The minimum absolute atomic E-state index is 0.165. The number of carbonyl (C=O) groups excluding carboxylic acids is 1. The first-order valence-corrected chi connectivity index (χ1v) is 10.1. The third-order valence-corrected chi connectivity index (χ3v) is 5.47. The molecular weight excluding hydrogens is 386 g/mol. The number of oxazole rings is 1. The molecule has 0 saturated carbocycles. The van der Waals surface area contributed by atoms with Crippen LogP contribution in [0, 0.1) is 6.92 Å². The Balaban J connectivity index is 1.49. The Morgan fingerprint density at radius 3 is 2.52 bits per heavy atom. The zero-order valence-corrected chi connectivity index (χ0v) is 16.6. The zero-order valence-electron chi connectivity index (χ0n) is 15.7. The summed E-state index contributed by atoms with van der Waals surface area (Å²) in [4.78, 5) is 17.5. The Hall–Kier alpha value is -3.32. The second-order valence-electron chi connectivity index (χ2n) is 6.42. The maximum Gasteiger partial charge on any atom is 0.243 e. The summed E-state index contributed by atoms with van der Waals surface area (Å²) < 4.78 is 10.6. The van der Waals surface area contributed by atoms with Crippen LogP contribution in [0.2, 0.25) is 0 Å². The maximum atomic E-state index is 12.9. The van der Waals surface area contributed by atoms with Gasteiger partial charge in [-0.1, -0.05) is 53.7 Å². The van der Waals surface area contributed by atoms with Crippen molar-refractivity contribution in [2.75, 3.05) is 5.32 Å². The fraction of sp³-hybridized carbons (Fsp3) is 0.136. The van der Waals surface area contributed by atoms with E-state index in [1.165, 1.54) is 11.8 Å². The molecule has 1 atom stereocenters. The molecule has 2 aromatic carbocycles. The number of benzene rings is 2. The molecule has 0 radical (unpaired) electrons. The lowest BCUT2D eigenvalue weighted by Gasteiger charge is -2.15. The molecule has 146 valence electrons. The molecule has 2 heterocycles. The monoisotopic (exact) mass is 405 g/mol. The lowest BCUT2D eigenvalue weighted by molar-refractivity contribution is -0.115. The van der Waals surface area contributed by atoms with Crippen LogP contribution in [0.4, 0.5) is 5.82 Å². The predicted octanol–water partition coefficient (Wildman–Crippen LogP) is 5.25. The van der Waals surface area contributed by atoms with Crippen LogP contribution >= 0.6 is 11.8 Å². The molecule has 1 unspecified atom stereocenters. The highest BCUT2D eigenvalue weighted by Gasteiger charge is 2.23. The molecule has 1 N–H and O–H groups in total. The van der Waals surface area contributed by atoms with Gasteiger partial charge in [0.15, 0.2) is 5.82 Å². The molecule has 2 aromatic heterocycles. The van der Waals surface area contributed by atoms with Gasteiger partial charge in [-0.15, -0.1) is 11.8 Å². The van der Waals surface area contributed by atoms with Crippen molar-refractivity contribution in [1.29, 1.82) is 0 Å². The van der Waals surface area contributed by atoms with Gasteiger partial charge in [-0.2, -0.15) is 0 Å². The fourth-order valence-electron chi connectivity index (χ4n) is 2.82. The van der Waals surface area contributed by atoms with E-state index in [2.05, 4.69) is 15.5 Å². The van der Waals surface area contributed by atoms with Crippen LogP contribution in [0.25, 0.3) is 11.5 Å². The largest absolute Gasteiger partial charge is 0.444 e. The van der Waals surface area contributed by atoms with Crippen molar-refractivity contribution in [3.8, 4) is 11.5 Å². The van der Waals surface area contributed by atoms with E-state index in [4.69, 9.17) is 8.94 Å². The minimum atomic E-state index is -0.426. The van der Waals surface area contributed by atoms with Gasteiger partial charge >= 0.3 is 0 Å². The van der Waals surface area contributed by atoms with Gasteiger partial charge in [0.05, 0.1) is 5.69 Å². The summed E-state index contributed by atoms with van der Waals surface area (Å²) >= 11 is 1.48. The van der Waals surface area contributed by atoms with Crippen molar-refractivity contribution >= 4 is 23.5 Å². The molecule has 4 aromatic rings. The van der Waals surface area contributed by atoms with Crippen LogP contribution in [0.3, 0.4) is 0 Å². The van der Waals surface area contributed by atoms with Crippen molar-refractivity contribution in [2.45, 2.75) is 17.9 Å². The van der Waals surface area contributed by atoms with Gasteiger partial charge in [0.2, 0.25) is 11.8 Å². The lowest BCUT2D eigenvalue weighted by Crippen LogP contribution is -2.19. The Morgan fingerprint density at radius 1 is 1.10 bits per heavy atom. The average Bonchev–Trinajstić information content (AvgIpc) is 3.39. The van der Waals surface area contributed by atoms with Crippen molar-refractivity contribution in [3.63, 3.8) is 0 Å². The third-order valence-electron chi connectivity index (χ3n) is 4.19. The molecule has 29 heavy (non-hydrogen) atoms. The summed E-state index contributed by atoms with van der Waals surface area (Å²) in [5, 5.41) is 6.24. The molecule has 0 aliphatic heterocycles. The lowest BCUT2D eigenvalue weighted by atomic mass is 10.1. The van der Waals surface area contributed by atoms with E-state index in [0.717, 1.165) is 16.8 Å². The SMILES string of the molecule is Cc1cc(NC(=O)C(SCc2coc(-c3ccccc3)n2)c2ccccc2)no1. The smallest absolute Gasteiger partial charge is 0.243 e. The molecular formula is C22H19N3O3S. The normalized spacial score (nSPS) is 11.9. The highest BCUT2D eigenvalue weighted by atomic mass is 32.2. The van der Waals surface area contributed by atoms with E-state index in [-0.39, 0.29) is 5.91 Å². The summed E-state index contributed by atoms with van der Waals surface area (Å²) in [7, 11) is 0. The van der Waals surface area contributed by atoms with E-state index in [1.807, 2.05) is 60.7 Å². The highest BCUT2D eigenvalue weighted by molar-refractivity contribution is 7.99. The van der Waals surface area contributed by atoms with Gasteiger partial charge in [-0.25, -0.2) is 4.98 Å². The van der Waals surface area contributed by atoms with E-state index < -0.39 is 5.25 Å². The molecule has 0 bridgehead atoms. The average molecular weight is 405 g/mol. The van der Waals surface area contributed by atoms with Gasteiger partial charge in [0.25, 0.3) is 0 Å². The minimum Gasteiger partial charge on any atom is -0.444 e. The van der Waals surface area contributed by atoms with Crippen LogP contribution in [0.1, 0.15) is 22.3 Å². The Kier molecular flexibility index (Phi) is 5.76. The fourth-order valence-corrected chi connectivity index (χ4v) is 3.85. The number of carbonyl (C=O) groups is 1. The molecule has 0 spiro atoms. The number of nitrogens with zero attached hydrogens (tertiary/aromatic N) is 2. The number of anilines is 1. The van der Waals surface area contributed by atoms with Crippen molar-refractivity contribution in [3.05, 3.63) is 90.0 Å². The van der Waals surface area contributed by atoms with Gasteiger partial charge in [-0.3, -0.25) is 4.79 Å². The van der Waals surface area contributed by atoms with Crippen LogP contribution < -0.4 is 5.32 Å². The number of nitrogens with one attached hydrogen (secondary N) is 1.